The molecule has 0 saturated carbocycles. The topological polar surface area (TPSA) is 22.1 Å². The van der Waals surface area contributed by atoms with Crippen molar-refractivity contribution in [3.63, 3.8) is 0 Å². The van der Waals surface area contributed by atoms with Crippen molar-refractivity contribution >= 4 is 5.57 Å². The van der Waals surface area contributed by atoms with Crippen LogP contribution in [-0.2, 0) is 0 Å². The van der Waals surface area contributed by atoms with Crippen molar-refractivity contribution in [2.45, 2.75) is 20.8 Å². The Bertz CT molecular complexity index is 570. The molecule has 0 radical (unpaired) electrons. The summed E-state index contributed by atoms with van der Waals surface area (Å²) in [5.41, 5.74) is 4.35. The summed E-state index contributed by atoms with van der Waals surface area (Å²) in [5, 5.41) is 0. The Hall–Kier alpha value is -2.09. The number of pyridine rings is 1. The van der Waals surface area contributed by atoms with Gasteiger partial charge in [-0.1, -0.05) is 24.3 Å². The van der Waals surface area contributed by atoms with Crippen LogP contribution in [0.5, 0.6) is 11.6 Å². The van der Waals surface area contributed by atoms with Crippen LogP contribution in [0.4, 0.5) is 0 Å². The lowest BCUT2D eigenvalue weighted by molar-refractivity contribution is 0.458. The lowest BCUT2D eigenvalue weighted by Crippen LogP contribution is -1.92. The summed E-state index contributed by atoms with van der Waals surface area (Å²) in [4.78, 5) is 4.29. The zero-order chi connectivity index (χ0) is 13.1. The fraction of sp³-hybridized carbons (Fsp3) is 0.188. The van der Waals surface area contributed by atoms with Gasteiger partial charge >= 0.3 is 0 Å². The van der Waals surface area contributed by atoms with Gasteiger partial charge in [-0.3, -0.25) is 0 Å². The van der Waals surface area contributed by atoms with E-state index in [1.165, 1.54) is 0 Å². The molecule has 0 fully saturated rings. The summed E-state index contributed by atoms with van der Waals surface area (Å²) in [5.74, 6) is 1.45. The molecular weight excluding hydrogens is 222 g/mol. The standard InChI is InChI=1S/C16H17NO/c1-11(2)14-5-7-15(8-6-14)18-16-13(4)9-12(3)10-17-16/h5-10H,1H2,2-4H3. The predicted octanol–water partition coefficient (Wildman–Crippen LogP) is 4.52. The van der Waals surface area contributed by atoms with E-state index in [0.29, 0.717) is 5.88 Å². The SMILES string of the molecule is C=C(C)c1ccc(Oc2ncc(C)cc2C)cc1. The van der Waals surface area contributed by atoms with Gasteiger partial charge in [0.1, 0.15) is 5.75 Å². The first-order valence-electron chi connectivity index (χ1n) is 5.93. The van der Waals surface area contributed by atoms with Crippen molar-refractivity contribution in [2.75, 3.05) is 0 Å². The van der Waals surface area contributed by atoms with Crippen molar-refractivity contribution < 1.29 is 4.74 Å². The zero-order valence-corrected chi connectivity index (χ0v) is 11.0. The summed E-state index contributed by atoms with van der Waals surface area (Å²) in [6, 6.07) is 9.93. The van der Waals surface area contributed by atoms with E-state index in [2.05, 4.69) is 17.6 Å². The quantitative estimate of drug-likeness (QED) is 0.785. The first-order chi connectivity index (χ1) is 8.56. The highest BCUT2D eigenvalue weighted by Gasteiger charge is 2.03. The molecule has 0 bridgehead atoms. The third-order valence-electron chi connectivity index (χ3n) is 2.73. The first kappa shape index (κ1) is 12.4. The van der Waals surface area contributed by atoms with Crippen molar-refractivity contribution in [3.05, 3.63) is 59.8 Å². The molecule has 0 aliphatic carbocycles. The Balaban J connectivity index is 2.21. The summed E-state index contributed by atoms with van der Waals surface area (Å²) in [7, 11) is 0. The normalized spacial score (nSPS) is 10.2. The van der Waals surface area contributed by atoms with E-state index in [1.54, 1.807) is 0 Å². The number of allylic oxidation sites excluding steroid dienone is 1. The van der Waals surface area contributed by atoms with Crippen LogP contribution >= 0.6 is 0 Å². The third-order valence-corrected chi connectivity index (χ3v) is 2.73. The van der Waals surface area contributed by atoms with Gasteiger partial charge in [0.25, 0.3) is 0 Å². The molecule has 0 saturated heterocycles. The zero-order valence-electron chi connectivity index (χ0n) is 11.0. The number of ether oxygens (including phenoxy) is 1. The number of nitrogens with zero attached hydrogens (tertiary/aromatic N) is 1. The van der Waals surface area contributed by atoms with Crippen LogP contribution in [-0.4, -0.2) is 4.98 Å². The van der Waals surface area contributed by atoms with E-state index in [-0.39, 0.29) is 0 Å². The number of benzene rings is 1. The van der Waals surface area contributed by atoms with Gasteiger partial charge in [-0.05, 0) is 50.1 Å². The fourth-order valence-corrected chi connectivity index (χ4v) is 1.73. The van der Waals surface area contributed by atoms with Gasteiger partial charge < -0.3 is 4.74 Å². The Labute approximate surface area is 108 Å². The predicted molar refractivity (Wildman–Crippen MR) is 74.9 cm³/mol. The minimum Gasteiger partial charge on any atom is -0.439 e. The summed E-state index contributed by atoms with van der Waals surface area (Å²) in [6.07, 6.45) is 1.81. The molecule has 2 heteroatoms. The highest BCUT2D eigenvalue weighted by molar-refractivity contribution is 5.61. The second-order valence-corrected chi connectivity index (χ2v) is 4.54. The maximum absolute atomic E-state index is 5.76. The van der Waals surface area contributed by atoms with Crippen molar-refractivity contribution in [3.8, 4) is 11.6 Å². The third kappa shape index (κ3) is 2.77. The van der Waals surface area contributed by atoms with Crippen LogP contribution in [0, 0.1) is 13.8 Å². The van der Waals surface area contributed by atoms with Crippen LogP contribution in [0.25, 0.3) is 5.57 Å². The molecule has 2 aromatic rings. The van der Waals surface area contributed by atoms with Crippen molar-refractivity contribution in [1.29, 1.82) is 0 Å². The number of aryl methyl sites for hydroxylation is 2. The van der Waals surface area contributed by atoms with E-state index >= 15 is 0 Å². The molecule has 1 aromatic heterocycles. The monoisotopic (exact) mass is 239 g/mol. The second-order valence-electron chi connectivity index (χ2n) is 4.54. The van der Waals surface area contributed by atoms with Gasteiger partial charge in [0, 0.05) is 11.8 Å². The molecule has 1 heterocycles. The second kappa shape index (κ2) is 5.05. The van der Waals surface area contributed by atoms with Crippen LogP contribution < -0.4 is 4.74 Å². The van der Waals surface area contributed by atoms with Gasteiger partial charge in [-0.2, -0.15) is 0 Å². The average molecular weight is 239 g/mol. The van der Waals surface area contributed by atoms with Gasteiger partial charge in [0.15, 0.2) is 0 Å². The van der Waals surface area contributed by atoms with Gasteiger partial charge in [-0.25, -0.2) is 4.98 Å². The number of hydrogen-bond acceptors (Lipinski definition) is 2. The Kier molecular flexibility index (Phi) is 3.47. The molecular formula is C16H17NO. The largest absolute Gasteiger partial charge is 0.439 e. The van der Waals surface area contributed by atoms with Gasteiger partial charge in [0.2, 0.25) is 5.88 Å². The van der Waals surface area contributed by atoms with E-state index in [9.17, 15) is 0 Å². The van der Waals surface area contributed by atoms with E-state index in [4.69, 9.17) is 4.74 Å². The minimum atomic E-state index is 0.656. The van der Waals surface area contributed by atoms with Crippen molar-refractivity contribution in [2.24, 2.45) is 0 Å². The first-order valence-corrected chi connectivity index (χ1v) is 5.93. The molecule has 0 atom stereocenters. The molecule has 0 spiro atoms. The number of rotatable bonds is 3. The Morgan fingerprint density at radius 2 is 1.83 bits per heavy atom. The maximum Gasteiger partial charge on any atom is 0.222 e. The highest BCUT2D eigenvalue weighted by atomic mass is 16.5. The molecule has 1 aromatic carbocycles. The van der Waals surface area contributed by atoms with Crippen LogP contribution in [0.15, 0.2) is 43.1 Å². The van der Waals surface area contributed by atoms with Crippen LogP contribution in [0.1, 0.15) is 23.6 Å². The van der Waals surface area contributed by atoms with E-state index < -0.39 is 0 Å². The molecule has 2 rings (SSSR count). The molecule has 2 nitrogen and oxygen atoms in total. The molecule has 0 N–H and O–H groups in total. The van der Waals surface area contributed by atoms with E-state index in [0.717, 1.165) is 28.0 Å². The molecule has 0 unspecified atom stereocenters. The Morgan fingerprint density at radius 3 is 2.39 bits per heavy atom. The Morgan fingerprint density at radius 1 is 1.17 bits per heavy atom. The molecule has 18 heavy (non-hydrogen) atoms. The average Bonchev–Trinajstić information content (AvgIpc) is 2.33. The summed E-state index contributed by atoms with van der Waals surface area (Å²) >= 11 is 0. The number of aromatic nitrogens is 1. The minimum absolute atomic E-state index is 0.656. The fourth-order valence-electron chi connectivity index (χ4n) is 1.73. The lowest BCUT2D eigenvalue weighted by Gasteiger charge is -2.08. The van der Waals surface area contributed by atoms with Crippen LogP contribution in [0.2, 0.25) is 0 Å². The molecule has 0 aliphatic heterocycles. The van der Waals surface area contributed by atoms with Crippen LogP contribution in [0.3, 0.4) is 0 Å². The highest BCUT2D eigenvalue weighted by Crippen LogP contribution is 2.24. The molecule has 92 valence electrons. The molecule has 0 amide bonds. The summed E-state index contributed by atoms with van der Waals surface area (Å²) < 4.78 is 5.76. The maximum atomic E-state index is 5.76. The smallest absolute Gasteiger partial charge is 0.222 e. The lowest BCUT2D eigenvalue weighted by atomic mass is 10.1. The number of hydrogen-bond donors (Lipinski definition) is 0. The van der Waals surface area contributed by atoms with Crippen molar-refractivity contribution in [1.82, 2.24) is 4.98 Å². The molecule has 0 aliphatic rings. The van der Waals surface area contributed by atoms with E-state index in [1.807, 2.05) is 51.2 Å². The summed E-state index contributed by atoms with van der Waals surface area (Å²) in [6.45, 7) is 9.91. The van der Waals surface area contributed by atoms with Gasteiger partial charge in [0.05, 0.1) is 0 Å². The van der Waals surface area contributed by atoms with Gasteiger partial charge in [-0.15, -0.1) is 0 Å².